The van der Waals surface area contributed by atoms with Gasteiger partial charge in [0.1, 0.15) is 5.78 Å². The molecule has 7 heteroatoms. The number of benzene rings is 1. The van der Waals surface area contributed by atoms with E-state index >= 15 is 0 Å². The predicted molar refractivity (Wildman–Crippen MR) is 78.7 cm³/mol. The molecule has 0 N–H and O–H groups in total. The van der Waals surface area contributed by atoms with Gasteiger partial charge in [-0.25, -0.2) is 8.42 Å². The van der Waals surface area contributed by atoms with Crippen molar-refractivity contribution in [1.82, 2.24) is 4.31 Å². The molecule has 1 aliphatic heterocycles. The van der Waals surface area contributed by atoms with E-state index in [1.54, 1.807) is 0 Å². The average Bonchev–Trinajstić information content (AvgIpc) is 2.80. The molecule has 1 aromatic rings. The van der Waals surface area contributed by atoms with Crippen LogP contribution in [0.25, 0.3) is 0 Å². The minimum Gasteiger partial charge on any atom is -0.300 e. The van der Waals surface area contributed by atoms with Gasteiger partial charge in [0.2, 0.25) is 10.0 Å². The van der Waals surface area contributed by atoms with Gasteiger partial charge >= 0.3 is 0 Å². The van der Waals surface area contributed by atoms with Gasteiger partial charge in [0, 0.05) is 19.0 Å². The van der Waals surface area contributed by atoms with Gasteiger partial charge in [-0.3, -0.25) is 4.79 Å². The molecule has 1 aromatic carbocycles. The van der Waals surface area contributed by atoms with Gasteiger partial charge in [0.15, 0.2) is 0 Å². The molecule has 1 aliphatic rings. The molecule has 1 atom stereocenters. The highest BCUT2D eigenvalue weighted by atomic mass is 35.5. The summed E-state index contributed by atoms with van der Waals surface area (Å²) >= 11 is 11.7. The number of rotatable bonds is 4. The fraction of sp³-hybridized carbons (Fsp3) is 0.462. The van der Waals surface area contributed by atoms with Crippen molar-refractivity contribution in [3.05, 3.63) is 28.2 Å². The highest BCUT2D eigenvalue weighted by molar-refractivity contribution is 7.89. The molecule has 1 heterocycles. The van der Waals surface area contributed by atoms with Gasteiger partial charge in [0.05, 0.1) is 14.9 Å². The standard InChI is InChI=1S/C13H15Cl2NO3S/c1-9(17)7-10-3-2-6-16(10)20(18,19)11-4-5-12(14)13(15)8-11/h4-5,8,10H,2-3,6-7H2,1H3. The Balaban J connectivity index is 2.33. The summed E-state index contributed by atoms with van der Waals surface area (Å²) in [5, 5.41) is 0.516. The normalized spacial score (nSPS) is 20.2. The number of sulfonamides is 1. The van der Waals surface area contributed by atoms with E-state index < -0.39 is 10.0 Å². The summed E-state index contributed by atoms with van der Waals surface area (Å²) in [7, 11) is -3.63. The Morgan fingerprint density at radius 1 is 1.35 bits per heavy atom. The third-order valence-corrected chi connectivity index (χ3v) is 6.03. The van der Waals surface area contributed by atoms with Gasteiger partial charge < -0.3 is 0 Å². The van der Waals surface area contributed by atoms with E-state index in [2.05, 4.69) is 0 Å². The molecule has 1 saturated heterocycles. The molecule has 0 bridgehead atoms. The lowest BCUT2D eigenvalue weighted by Crippen LogP contribution is -2.36. The summed E-state index contributed by atoms with van der Waals surface area (Å²) < 4.78 is 26.6. The average molecular weight is 336 g/mol. The molecule has 110 valence electrons. The number of halogens is 2. The van der Waals surface area contributed by atoms with Crippen LogP contribution in [0.1, 0.15) is 26.2 Å². The zero-order valence-corrected chi connectivity index (χ0v) is 13.3. The minimum atomic E-state index is -3.63. The lowest BCUT2D eigenvalue weighted by molar-refractivity contribution is -0.117. The summed E-state index contributed by atoms with van der Waals surface area (Å²) in [6.07, 6.45) is 1.72. The fourth-order valence-electron chi connectivity index (χ4n) is 2.43. The first-order chi connectivity index (χ1) is 9.32. The van der Waals surface area contributed by atoms with Crippen molar-refractivity contribution in [1.29, 1.82) is 0 Å². The Morgan fingerprint density at radius 3 is 2.65 bits per heavy atom. The lowest BCUT2D eigenvalue weighted by atomic mass is 10.1. The van der Waals surface area contributed by atoms with Crippen LogP contribution in [0.2, 0.25) is 10.0 Å². The quantitative estimate of drug-likeness (QED) is 0.849. The molecule has 0 radical (unpaired) electrons. The third kappa shape index (κ3) is 3.17. The van der Waals surface area contributed by atoms with Crippen LogP contribution in [0.5, 0.6) is 0 Å². The third-order valence-electron chi connectivity index (χ3n) is 3.34. The van der Waals surface area contributed by atoms with Crippen LogP contribution in [0, 0.1) is 0 Å². The maximum absolute atomic E-state index is 12.6. The molecule has 0 aromatic heterocycles. The van der Waals surface area contributed by atoms with Crippen LogP contribution in [0.3, 0.4) is 0 Å². The number of carbonyl (C=O) groups is 1. The van der Waals surface area contributed by atoms with Gasteiger partial charge in [0.25, 0.3) is 0 Å². The Bertz CT molecular complexity index is 631. The number of Topliss-reactive ketones (excluding diaryl/α,β-unsaturated/α-hetero) is 1. The van der Waals surface area contributed by atoms with Gasteiger partial charge in [-0.2, -0.15) is 4.31 Å². The van der Waals surface area contributed by atoms with Crippen LogP contribution in [0.4, 0.5) is 0 Å². The van der Waals surface area contributed by atoms with E-state index in [9.17, 15) is 13.2 Å². The molecule has 0 spiro atoms. The molecular formula is C13H15Cl2NO3S. The summed E-state index contributed by atoms with van der Waals surface area (Å²) in [6.45, 7) is 1.91. The van der Waals surface area contributed by atoms with Crippen molar-refractivity contribution in [3.63, 3.8) is 0 Å². The van der Waals surface area contributed by atoms with E-state index in [0.717, 1.165) is 6.42 Å². The van der Waals surface area contributed by atoms with Gasteiger partial charge in [-0.05, 0) is 38.0 Å². The number of carbonyl (C=O) groups excluding carboxylic acids is 1. The highest BCUT2D eigenvalue weighted by Crippen LogP contribution is 2.31. The maximum Gasteiger partial charge on any atom is 0.243 e. The van der Waals surface area contributed by atoms with Crippen LogP contribution in [-0.2, 0) is 14.8 Å². The monoisotopic (exact) mass is 335 g/mol. The minimum absolute atomic E-state index is 0.00811. The van der Waals surface area contributed by atoms with Crippen molar-refractivity contribution in [2.45, 2.75) is 37.1 Å². The molecule has 0 amide bonds. The van der Waals surface area contributed by atoms with Crippen molar-refractivity contribution >= 4 is 39.0 Å². The Morgan fingerprint density at radius 2 is 2.05 bits per heavy atom. The molecule has 0 saturated carbocycles. The van der Waals surface area contributed by atoms with Crippen LogP contribution in [0.15, 0.2) is 23.1 Å². The van der Waals surface area contributed by atoms with Crippen LogP contribution < -0.4 is 0 Å². The molecule has 1 fully saturated rings. The van der Waals surface area contributed by atoms with Crippen LogP contribution >= 0.6 is 23.2 Å². The smallest absolute Gasteiger partial charge is 0.243 e. The van der Waals surface area contributed by atoms with Crippen molar-refractivity contribution in [2.24, 2.45) is 0 Å². The molecule has 0 aliphatic carbocycles. The summed E-state index contributed by atoms with van der Waals surface area (Å²) in [4.78, 5) is 11.4. The zero-order chi connectivity index (χ0) is 14.9. The Labute approximate surface area is 128 Å². The lowest BCUT2D eigenvalue weighted by Gasteiger charge is -2.23. The van der Waals surface area contributed by atoms with E-state index in [-0.39, 0.29) is 28.2 Å². The second-order valence-corrected chi connectivity index (χ2v) is 7.60. The van der Waals surface area contributed by atoms with Crippen molar-refractivity contribution in [2.75, 3.05) is 6.54 Å². The second kappa shape index (κ2) is 6.02. The SMILES string of the molecule is CC(=O)CC1CCCN1S(=O)(=O)c1ccc(Cl)c(Cl)c1. The maximum atomic E-state index is 12.6. The molecular weight excluding hydrogens is 321 g/mol. The topological polar surface area (TPSA) is 54.5 Å². The first kappa shape index (κ1) is 15.8. The highest BCUT2D eigenvalue weighted by Gasteiger charge is 2.35. The zero-order valence-electron chi connectivity index (χ0n) is 11.0. The fourth-order valence-corrected chi connectivity index (χ4v) is 4.52. The van der Waals surface area contributed by atoms with Gasteiger partial charge in [-0.1, -0.05) is 23.2 Å². The summed E-state index contributed by atoms with van der Waals surface area (Å²) in [6, 6.07) is 3.99. The number of nitrogens with zero attached hydrogens (tertiary/aromatic N) is 1. The summed E-state index contributed by atoms with van der Waals surface area (Å²) in [5.74, 6) is -0.00811. The first-order valence-electron chi connectivity index (χ1n) is 6.28. The molecule has 4 nitrogen and oxygen atoms in total. The van der Waals surface area contributed by atoms with E-state index in [1.807, 2.05) is 0 Å². The van der Waals surface area contributed by atoms with Gasteiger partial charge in [-0.15, -0.1) is 0 Å². The molecule has 2 rings (SSSR count). The first-order valence-corrected chi connectivity index (χ1v) is 8.48. The number of ketones is 1. The van der Waals surface area contributed by atoms with E-state index in [1.165, 1.54) is 29.4 Å². The Hall–Kier alpha value is -0.620. The van der Waals surface area contributed by atoms with E-state index in [4.69, 9.17) is 23.2 Å². The summed E-state index contributed by atoms with van der Waals surface area (Å²) in [5.41, 5.74) is 0. The number of hydrogen-bond donors (Lipinski definition) is 0. The van der Waals surface area contributed by atoms with Crippen LogP contribution in [-0.4, -0.2) is 31.1 Å². The number of hydrogen-bond acceptors (Lipinski definition) is 3. The van der Waals surface area contributed by atoms with Crippen molar-refractivity contribution < 1.29 is 13.2 Å². The van der Waals surface area contributed by atoms with Crippen molar-refractivity contribution in [3.8, 4) is 0 Å². The largest absolute Gasteiger partial charge is 0.300 e. The second-order valence-electron chi connectivity index (χ2n) is 4.89. The molecule has 1 unspecified atom stereocenters. The molecule has 20 heavy (non-hydrogen) atoms. The predicted octanol–water partition coefficient (Wildman–Crippen LogP) is 3.13. The Kier molecular flexibility index (Phi) is 4.74. The van der Waals surface area contributed by atoms with E-state index in [0.29, 0.717) is 18.0 Å².